The van der Waals surface area contributed by atoms with Crippen molar-refractivity contribution >= 4 is 58.5 Å². The first-order valence-corrected chi connectivity index (χ1v) is 14.0. The second-order valence-corrected chi connectivity index (χ2v) is 10.4. The predicted octanol–water partition coefficient (Wildman–Crippen LogP) is 6.73. The summed E-state index contributed by atoms with van der Waals surface area (Å²) in [6.45, 7) is 0.205. The van der Waals surface area contributed by atoms with Crippen LogP contribution in [0.15, 0.2) is 90.5 Å². The Morgan fingerprint density at radius 2 is 1.67 bits per heavy atom. The number of carbonyl (C=O) groups is 3. The van der Waals surface area contributed by atoms with E-state index in [1.807, 2.05) is 0 Å². The summed E-state index contributed by atoms with van der Waals surface area (Å²) in [5.41, 5.74) is 1.61. The Morgan fingerprint density at radius 3 is 2.38 bits per heavy atom. The second-order valence-electron chi connectivity index (χ2n) is 9.60. The van der Waals surface area contributed by atoms with E-state index in [0.717, 1.165) is 10.5 Å². The van der Waals surface area contributed by atoms with Crippen molar-refractivity contribution in [1.82, 2.24) is 5.32 Å². The molecular formula is C32H23Cl2N3O8. The molecule has 45 heavy (non-hydrogen) atoms. The van der Waals surface area contributed by atoms with Gasteiger partial charge in [-0.15, -0.1) is 0 Å². The molecule has 1 aliphatic heterocycles. The van der Waals surface area contributed by atoms with Crippen LogP contribution in [0, 0.1) is 10.1 Å². The number of benzene rings is 4. The molecule has 4 amide bonds. The minimum absolute atomic E-state index is 0.0368. The van der Waals surface area contributed by atoms with Crippen LogP contribution in [0.4, 0.5) is 16.2 Å². The molecule has 1 N–H and O–H groups in total. The fourth-order valence-corrected chi connectivity index (χ4v) is 4.83. The molecule has 11 nitrogen and oxygen atoms in total. The first-order valence-electron chi connectivity index (χ1n) is 13.3. The molecule has 0 aromatic heterocycles. The number of ether oxygens (including phenoxy) is 3. The molecule has 1 fully saturated rings. The Morgan fingerprint density at radius 1 is 0.889 bits per heavy atom. The van der Waals surface area contributed by atoms with Gasteiger partial charge in [-0.25, -0.2) is 9.69 Å². The highest BCUT2D eigenvalue weighted by Crippen LogP contribution is 2.31. The van der Waals surface area contributed by atoms with Gasteiger partial charge in [-0.2, -0.15) is 0 Å². The summed E-state index contributed by atoms with van der Waals surface area (Å²) in [7, 11) is 1.42. The zero-order chi connectivity index (χ0) is 32.1. The number of halogens is 2. The molecule has 4 aromatic rings. The van der Waals surface area contributed by atoms with Gasteiger partial charge in [0, 0.05) is 27.7 Å². The van der Waals surface area contributed by atoms with Gasteiger partial charge in [-0.1, -0.05) is 47.5 Å². The first-order chi connectivity index (χ1) is 21.6. The highest BCUT2D eigenvalue weighted by Gasteiger charge is 2.36. The number of nitro groups is 1. The van der Waals surface area contributed by atoms with Crippen molar-refractivity contribution in [1.29, 1.82) is 0 Å². The number of rotatable bonds is 10. The normalized spacial score (nSPS) is 13.9. The maximum absolute atomic E-state index is 13.4. The van der Waals surface area contributed by atoms with Crippen LogP contribution in [0.25, 0.3) is 6.08 Å². The molecule has 0 saturated carbocycles. The highest BCUT2D eigenvalue weighted by atomic mass is 35.5. The number of hydrogen-bond donors (Lipinski definition) is 1. The van der Waals surface area contributed by atoms with E-state index in [2.05, 4.69) is 5.32 Å². The molecule has 4 aromatic carbocycles. The fourth-order valence-electron chi connectivity index (χ4n) is 4.36. The number of nitro benzene ring substituents is 1. The molecule has 1 saturated heterocycles. The average molecular weight is 648 g/mol. The number of hydrogen-bond acceptors (Lipinski definition) is 8. The molecule has 13 heteroatoms. The topological polar surface area (TPSA) is 137 Å². The SMILES string of the molecule is COc1cc(/C=C2\C(=O)NC(=O)N(c3ccc(OCc4ccc(Cl)cc4Cl)cc3)C2=O)ccc1OCc1cccc([N+](=O)[O-])c1. The Labute approximate surface area is 266 Å². The van der Waals surface area contributed by atoms with Crippen LogP contribution in [0.2, 0.25) is 10.0 Å². The summed E-state index contributed by atoms with van der Waals surface area (Å²) in [4.78, 5) is 50.2. The van der Waals surface area contributed by atoms with Gasteiger partial charge in [0.1, 0.15) is 24.5 Å². The summed E-state index contributed by atoms with van der Waals surface area (Å²) < 4.78 is 17.0. The van der Waals surface area contributed by atoms with Crippen molar-refractivity contribution in [2.24, 2.45) is 0 Å². The Bertz CT molecular complexity index is 1840. The number of non-ortho nitro benzene ring substituents is 1. The third-order valence-electron chi connectivity index (χ3n) is 6.62. The number of nitrogens with zero attached hydrogens (tertiary/aromatic N) is 2. The van der Waals surface area contributed by atoms with E-state index < -0.39 is 22.8 Å². The molecule has 0 unspecified atom stereocenters. The van der Waals surface area contributed by atoms with Crippen molar-refractivity contribution < 1.29 is 33.5 Å². The van der Waals surface area contributed by atoms with Crippen molar-refractivity contribution in [3.05, 3.63) is 127 Å². The zero-order valence-corrected chi connectivity index (χ0v) is 25.0. The summed E-state index contributed by atoms with van der Waals surface area (Å²) in [6.07, 6.45) is 1.33. The van der Waals surface area contributed by atoms with Gasteiger partial charge in [0.25, 0.3) is 17.5 Å². The summed E-state index contributed by atoms with van der Waals surface area (Å²) in [6, 6.07) is 21.1. The Kier molecular flexibility index (Phi) is 9.31. The third kappa shape index (κ3) is 7.23. The smallest absolute Gasteiger partial charge is 0.335 e. The molecule has 0 aliphatic carbocycles. The number of urea groups is 1. The second kappa shape index (κ2) is 13.5. The summed E-state index contributed by atoms with van der Waals surface area (Å²) in [5.74, 6) is -0.590. The number of nitrogens with one attached hydrogen (secondary N) is 1. The molecule has 228 valence electrons. The number of carbonyl (C=O) groups excluding carboxylic acids is 3. The maximum atomic E-state index is 13.4. The van der Waals surface area contributed by atoms with Gasteiger partial charge in [0.05, 0.1) is 17.7 Å². The number of amides is 4. The molecule has 1 heterocycles. The molecular weight excluding hydrogens is 625 g/mol. The van der Waals surface area contributed by atoms with E-state index in [9.17, 15) is 24.5 Å². The molecule has 0 radical (unpaired) electrons. The Hall–Kier alpha value is -5.39. The van der Waals surface area contributed by atoms with Crippen molar-refractivity contribution in [3.8, 4) is 17.2 Å². The molecule has 5 rings (SSSR count). The molecule has 1 aliphatic rings. The van der Waals surface area contributed by atoms with Crippen molar-refractivity contribution in [2.45, 2.75) is 13.2 Å². The number of barbiturate groups is 1. The fraction of sp³-hybridized carbons (Fsp3) is 0.0938. The molecule has 0 atom stereocenters. The van der Waals surface area contributed by atoms with Crippen molar-refractivity contribution in [2.75, 3.05) is 12.0 Å². The van der Waals surface area contributed by atoms with Crippen LogP contribution >= 0.6 is 23.2 Å². The van der Waals surface area contributed by atoms with Crippen LogP contribution in [0.5, 0.6) is 17.2 Å². The standard InChI is InChI=1S/C32H23Cl2N3O8/c1-43-29-15-19(5-12-28(29)45-17-20-3-2-4-24(13-20)37(41)42)14-26-30(38)35-32(40)36(31(26)39)23-8-10-25(11-9-23)44-18-21-6-7-22(33)16-27(21)34/h2-16H,17-18H2,1H3,(H,35,38,40)/b26-14+. The lowest BCUT2D eigenvalue weighted by molar-refractivity contribution is -0.384. The summed E-state index contributed by atoms with van der Waals surface area (Å²) in [5, 5.41) is 14.2. The highest BCUT2D eigenvalue weighted by molar-refractivity contribution is 6.39. The minimum atomic E-state index is -0.897. The van der Waals surface area contributed by atoms with E-state index in [4.69, 9.17) is 37.4 Å². The molecule has 0 bridgehead atoms. The van der Waals surface area contributed by atoms with Gasteiger partial charge in [0.15, 0.2) is 11.5 Å². The van der Waals surface area contributed by atoms with E-state index in [1.54, 1.807) is 60.7 Å². The van der Waals surface area contributed by atoms with Gasteiger partial charge in [-0.3, -0.25) is 25.0 Å². The van der Waals surface area contributed by atoms with E-state index >= 15 is 0 Å². The van der Waals surface area contributed by atoms with Gasteiger partial charge in [0.2, 0.25) is 0 Å². The van der Waals surface area contributed by atoms with E-state index in [-0.39, 0.29) is 30.2 Å². The lowest BCUT2D eigenvalue weighted by atomic mass is 10.1. The van der Waals surface area contributed by atoms with E-state index in [0.29, 0.717) is 38.4 Å². The number of methoxy groups -OCH3 is 1. The average Bonchev–Trinajstić information content (AvgIpc) is 3.02. The zero-order valence-electron chi connectivity index (χ0n) is 23.5. The lowest BCUT2D eigenvalue weighted by Crippen LogP contribution is -2.54. The number of imide groups is 2. The van der Waals surface area contributed by atoms with Gasteiger partial charge < -0.3 is 14.2 Å². The van der Waals surface area contributed by atoms with E-state index in [1.165, 1.54) is 37.5 Å². The monoisotopic (exact) mass is 647 g/mol. The van der Waals surface area contributed by atoms with Crippen LogP contribution in [0.3, 0.4) is 0 Å². The van der Waals surface area contributed by atoms with Gasteiger partial charge in [-0.05, 0) is 65.7 Å². The maximum Gasteiger partial charge on any atom is 0.335 e. The molecule has 0 spiro atoms. The quantitative estimate of drug-likeness (QED) is 0.0865. The van der Waals surface area contributed by atoms with Crippen LogP contribution in [0.1, 0.15) is 16.7 Å². The number of anilines is 1. The van der Waals surface area contributed by atoms with Crippen molar-refractivity contribution in [3.63, 3.8) is 0 Å². The Balaban J connectivity index is 1.30. The van der Waals surface area contributed by atoms with Crippen LogP contribution < -0.4 is 24.4 Å². The first kappa shape index (κ1) is 31.0. The minimum Gasteiger partial charge on any atom is -0.493 e. The lowest BCUT2D eigenvalue weighted by Gasteiger charge is -2.26. The van der Waals surface area contributed by atoms with Crippen LogP contribution in [-0.4, -0.2) is 29.9 Å². The largest absolute Gasteiger partial charge is 0.493 e. The van der Waals surface area contributed by atoms with Crippen LogP contribution in [-0.2, 0) is 22.8 Å². The third-order valence-corrected chi connectivity index (χ3v) is 7.21. The predicted molar refractivity (Wildman–Crippen MR) is 167 cm³/mol. The van der Waals surface area contributed by atoms with Gasteiger partial charge >= 0.3 is 6.03 Å². The summed E-state index contributed by atoms with van der Waals surface area (Å²) >= 11 is 12.1.